The number of rotatable bonds is 10. The summed E-state index contributed by atoms with van der Waals surface area (Å²) in [5, 5.41) is 2.63. The molecule has 0 aromatic heterocycles. The minimum atomic E-state index is -0.444. The van der Waals surface area contributed by atoms with Gasteiger partial charge in [-0.15, -0.1) is 0 Å². The van der Waals surface area contributed by atoms with Crippen molar-refractivity contribution in [2.75, 3.05) is 0 Å². The van der Waals surface area contributed by atoms with Crippen LogP contribution in [-0.2, 0) is 11.2 Å². The van der Waals surface area contributed by atoms with Crippen molar-refractivity contribution in [3.63, 3.8) is 0 Å². The predicted octanol–water partition coefficient (Wildman–Crippen LogP) is 3.91. The van der Waals surface area contributed by atoms with Crippen LogP contribution in [0.1, 0.15) is 68.3 Å². The minimum Gasteiger partial charge on any atom is -0.343 e. The Morgan fingerprint density at radius 2 is 1.71 bits per heavy atom. The number of unbranched alkanes of at least 4 members (excludes halogenated alkanes) is 5. The smallest absolute Gasteiger partial charge is 0.251 e. The van der Waals surface area contributed by atoms with Gasteiger partial charge in [-0.2, -0.15) is 0 Å². The average molecular weight is 289 g/mol. The number of hydrogen-bond donors (Lipinski definition) is 1. The molecule has 0 aliphatic heterocycles. The van der Waals surface area contributed by atoms with E-state index < -0.39 is 6.04 Å². The summed E-state index contributed by atoms with van der Waals surface area (Å²) in [6.07, 6.45) is 9.55. The van der Waals surface area contributed by atoms with Gasteiger partial charge in [-0.1, -0.05) is 51.2 Å². The van der Waals surface area contributed by atoms with E-state index in [2.05, 4.69) is 12.2 Å². The van der Waals surface area contributed by atoms with Crippen molar-refractivity contribution in [1.82, 2.24) is 5.32 Å². The maximum Gasteiger partial charge on any atom is 0.251 e. The van der Waals surface area contributed by atoms with Crippen molar-refractivity contribution in [3.8, 4) is 0 Å². The second-order valence-corrected chi connectivity index (χ2v) is 5.61. The first-order chi connectivity index (χ1) is 10.2. The number of benzene rings is 1. The number of carbonyl (C=O) groups excluding carboxylic acids is 2. The van der Waals surface area contributed by atoms with Crippen molar-refractivity contribution in [3.05, 3.63) is 35.4 Å². The fraction of sp³-hybridized carbons (Fsp3) is 0.556. The lowest BCUT2D eigenvalue weighted by Gasteiger charge is -2.08. The molecule has 0 heterocycles. The molecular weight excluding hydrogens is 262 g/mol. The van der Waals surface area contributed by atoms with E-state index >= 15 is 0 Å². The fourth-order valence-electron chi connectivity index (χ4n) is 2.26. The van der Waals surface area contributed by atoms with Crippen LogP contribution >= 0.6 is 0 Å². The van der Waals surface area contributed by atoms with Crippen molar-refractivity contribution in [2.24, 2.45) is 0 Å². The molecule has 116 valence electrons. The summed E-state index contributed by atoms with van der Waals surface area (Å²) in [5.74, 6) is -0.194. The van der Waals surface area contributed by atoms with Gasteiger partial charge < -0.3 is 10.1 Å². The zero-order chi connectivity index (χ0) is 15.5. The summed E-state index contributed by atoms with van der Waals surface area (Å²) in [7, 11) is 0. The molecule has 0 spiro atoms. The van der Waals surface area contributed by atoms with Crippen LogP contribution in [0.3, 0.4) is 0 Å². The number of aryl methyl sites for hydroxylation is 1. The SMILES string of the molecule is CCCCCCCCc1ccc(C(=O)NC(C)C=O)cc1. The van der Waals surface area contributed by atoms with Crippen LogP contribution in [0.4, 0.5) is 0 Å². The summed E-state index contributed by atoms with van der Waals surface area (Å²) < 4.78 is 0. The first-order valence-corrected chi connectivity index (χ1v) is 8.02. The topological polar surface area (TPSA) is 46.2 Å². The van der Waals surface area contributed by atoms with Crippen LogP contribution in [0.5, 0.6) is 0 Å². The lowest BCUT2D eigenvalue weighted by atomic mass is 10.0. The molecule has 21 heavy (non-hydrogen) atoms. The third kappa shape index (κ3) is 7.07. The van der Waals surface area contributed by atoms with Crippen molar-refractivity contribution in [1.29, 1.82) is 0 Å². The fourth-order valence-corrected chi connectivity index (χ4v) is 2.26. The zero-order valence-corrected chi connectivity index (χ0v) is 13.2. The normalized spacial score (nSPS) is 11.9. The first-order valence-electron chi connectivity index (χ1n) is 8.02. The molecule has 3 nitrogen and oxygen atoms in total. The lowest BCUT2D eigenvalue weighted by molar-refractivity contribution is -0.109. The molecule has 0 aliphatic rings. The van der Waals surface area contributed by atoms with Gasteiger partial charge in [0.05, 0.1) is 6.04 Å². The zero-order valence-electron chi connectivity index (χ0n) is 13.2. The molecule has 1 unspecified atom stereocenters. The van der Waals surface area contributed by atoms with Crippen LogP contribution in [0.15, 0.2) is 24.3 Å². The molecule has 1 atom stereocenters. The Hall–Kier alpha value is -1.64. The molecular formula is C18H27NO2. The molecule has 0 fully saturated rings. The van der Waals surface area contributed by atoms with Crippen molar-refractivity contribution in [2.45, 2.75) is 64.8 Å². The Bertz CT molecular complexity index is 425. The molecule has 0 saturated carbocycles. The third-order valence-electron chi connectivity index (χ3n) is 3.60. The van der Waals surface area contributed by atoms with Gasteiger partial charge in [0.1, 0.15) is 6.29 Å². The van der Waals surface area contributed by atoms with Gasteiger partial charge in [-0.25, -0.2) is 0 Å². The maximum atomic E-state index is 11.8. The van der Waals surface area contributed by atoms with E-state index in [-0.39, 0.29) is 5.91 Å². The average Bonchev–Trinajstić information content (AvgIpc) is 2.51. The summed E-state index contributed by atoms with van der Waals surface area (Å²) in [4.78, 5) is 22.3. The van der Waals surface area contributed by atoms with Gasteiger partial charge in [0.15, 0.2) is 0 Å². The number of amides is 1. The lowest BCUT2D eigenvalue weighted by Crippen LogP contribution is -2.33. The second kappa shape index (κ2) is 10.1. The molecule has 0 radical (unpaired) electrons. The molecule has 1 N–H and O–H groups in total. The number of hydrogen-bond acceptors (Lipinski definition) is 2. The summed E-state index contributed by atoms with van der Waals surface area (Å²) in [5.41, 5.74) is 1.88. The Balaban J connectivity index is 2.33. The highest BCUT2D eigenvalue weighted by Crippen LogP contribution is 2.11. The van der Waals surface area contributed by atoms with E-state index in [1.807, 2.05) is 24.3 Å². The molecule has 1 amide bonds. The van der Waals surface area contributed by atoms with E-state index in [0.29, 0.717) is 5.56 Å². The Morgan fingerprint density at radius 1 is 1.10 bits per heavy atom. The van der Waals surface area contributed by atoms with E-state index in [4.69, 9.17) is 0 Å². The van der Waals surface area contributed by atoms with Crippen molar-refractivity contribution >= 4 is 12.2 Å². The van der Waals surface area contributed by atoms with Gasteiger partial charge in [0.2, 0.25) is 0 Å². The summed E-state index contributed by atoms with van der Waals surface area (Å²) in [6, 6.07) is 7.23. The highest BCUT2D eigenvalue weighted by molar-refractivity contribution is 5.95. The largest absolute Gasteiger partial charge is 0.343 e. The molecule has 0 aliphatic carbocycles. The summed E-state index contributed by atoms with van der Waals surface area (Å²) in [6.45, 7) is 3.89. The van der Waals surface area contributed by atoms with E-state index in [9.17, 15) is 9.59 Å². The van der Waals surface area contributed by atoms with Crippen LogP contribution in [-0.4, -0.2) is 18.2 Å². The Kier molecular flexibility index (Phi) is 8.41. The second-order valence-electron chi connectivity index (χ2n) is 5.61. The van der Waals surface area contributed by atoms with E-state index in [1.165, 1.54) is 44.1 Å². The third-order valence-corrected chi connectivity index (χ3v) is 3.60. The first kappa shape index (κ1) is 17.4. The van der Waals surface area contributed by atoms with Gasteiger partial charge in [-0.05, 0) is 37.5 Å². The van der Waals surface area contributed by atoms with Gasteiger partial charge >= 0.3 is 0 Å². The Labute approximate surface area is 128 Å². The van der Waals surface area contributed by atoms with Crippen LogP contribution in [0, 0.1) is 0 Å². The molecule has 1 rings (SSSR count). The molecule has 0 saturated heterocycles. The monoisotopic (exact) mass is 289 g/mol. The van der Waals surface area contributed by atoms with Gasteiger partial charge in [0, 0.05) is 5.56 Å². The Morgan fingerprint density at radius 3 is 2.33 bits per heavy atom. The van der Waals surface area contributed by atoms with Crippen molar-refractivity contribution < 1.29 is 9.59 Å². The van der Waals surface area contributed by atoms with E-state index in [1.54, 1.807) is 6.92 Å². The summed E-state index contributed by atoms with van der Waals surface area (Å²) >= 11 is 0. The number of aldehydes is 1. The van der Waals surface area contributed by atoms with E-state index in [0.717, 1.165) is 12.7 Å². The van der Waals surface area contributed by atoms with Crippen LogP contribution < -0.4 is 5.32 Å². The molecule has 3 heteroatoms. The minimum absolute atomic E-state index is 0.194. The quantitative estimate of drug-likeness (QED) is 0.524. The van der Waals surface area contributed by atoms with Gasteiger partial charge in [-0.3, -0.25) is 4.79 Å². The standard InChI is InChI=1S/C18H27NO2/c1-3-4-5-6-7-8-9-16-10-12-17(13-11-16)18(21)19-15(2)14-20/h10-15H,3-9H2,1-2H3,(H,19,21). The highest BCUT2D eigenvalue weighted by atomic mass is 16.2. The molecule has 1 aromatic rings. The van der Waals surface area contributed by atoms with Crippen LogP contribution in [0.25, 0.3) is 0 Å². The molecule has 0 bridgehead atoms. The van der Waals surface area contributed by atoms with Crippen LogP contribution in [0.2, 0.25) is 0 Å². The molecule has 1 aromatic carbocycles. The maximum absolute atomic E-state index is 11.8. The number of nitrogens with one attached hydrogen (secondary N) is 1. The number of carbonyl (C=O) groups is 2. The van der Waals surface area contributed by atoms with Gasteiger partial charge in [0.25, 0.3) is 5.91 Å². The highest BCUT2D eigenvalue weighted by Gasteiger charge is 2.08. The predicted molar refractivity (Wildman–Crippen MR) is 86.5 cm³/mol.